The molecule has 0 radical (unpaired) electrons. The van der Waals surface area contributed by atoms with Crippen LogP contribution in [-0.2, 0) is 5.75 Å². The van der Waals surface area contributed by atoms with Crippen LogP contribution in [0.1, 0.15) is 11.1 Å². The largest absolute Gasteiger partial charge is 0.248 e. The van der Waals surface area contributed by atoms with Gasteiger partial charge in [-0.2, -0.15) is 0 Å². The molecule has 0 spiro atoms. The predicted octanol–water partition coefficient (Wildman–Crippen LogP) is 5.10. The molecule has 0 aliphatic carbocycles. The molecule has 1 aromatic heterocycles. The number of thioether (sulfide) groups is 1. The molecular formula is C13H11BrClNS. The normalized spacial score (nSPS) is 10.5. The highest BCUT2D eigenvalue weighted by molar-refractivity contribution is 9.10. The second-order valence-corrected chi connectivity index (χ2v) is 5.97. The van der Waals surface area contributed by atoms with Crippen molar-refractivity contribution in [1.29, 1.82) is 0 Å². The van der Waals surface area contributed by atoms with Gasteiger partial charge in [-0.15, -0.1) is 11.8 Å². The van der Waals surface area contributed by atoms with Crippen LogP contribution in [-0.4, -0.2) is 4.98 Å². The maximum atomic E-state index is 5.84. The summed E-state index contributed by atoms with van der Waals surface area (Å²) in [4.78, 5) is 4.40. The van der Waals surface area contributed by atoms with Gasteiger partial charge in [0.05, 0.1) is 4.47 Å². The number of benzene rings is 1. The zero-order valence-corrected chi connectivity index (χ0v) is 12.4. The lowest BCUT2D eigenvalue weighted by atomic mass is 10.2. The van der Waals surface area contributed by atoms with Gasteiger partial charge >= 0.3 is 0 Å². The van der Waals surface area contributed by atoms with Crippen molar-refractivity contribution in [2.45, 2.75) is 17.7 Å². The van der Waals surface area contributed by atoms with Crippen molar-refractivity contribution in [2.24, 2.45) is 0 Å². The molecule has 17 heavy (non-hydrogen) atoms. The third-order valence-electron chi connectivity index (χ3n) is 2.23. The Morgan fingerprint density at radius 1 is 1.29 bits per heavy atom. The number of hydrogen-bond donors (Lipinski definition) is 0. The smallest absolute Gasteiger partial charge is 0.111 e. The van der Waals surface area contributed by atoms with Gasteiger partial charge in [0.15, 0.2) is 0 Å². The number of hydrogen-bond acceptors (Lipinski definition) is 2. The predicted molar refractivity (Wildman–Crippen MR) is 77.7 cm³/mol. The third kappa shape index (κ3) is 3.73. The van der Waals surface area contributed by atoms with E-state index in [4.69, 9.17) is 11.6 Å². The van der Waals surface area contributed by atoms with Gasteiger partial charge in [0.1, 0.15) is 5.03 Å². The van der Waals surface area contributed by atoms with Crippen molar-refractivity contribution in [3.8, 4) is 0 Å². The Bertz CT molecular complexity index is 513. The maximum absolute atomic E-state index is 5.84. The van der Waals surface area contributed by atoms with Gasteiger partial charge in [0, 0.05) is 17.0 Å². The summed E-state index contributed by atoms with van der Waals surface area (Å²) < 4.78 is 1.05. The van der Waals surface area contributed by atoms with E-state index in [-0.39, 0.29) is 0 Å². The first-order valence-corrected chi connectivity index (χ1v) is 7.30. The van der Waals surface area contributed by atoms with Crippen molar-refractivity contribution < 1.29 is 0 Å². The molecule has 0 N–H and O–H groups in total. The van der Waals surface area contributed by atoms with E-state index in [1.807, 2.05) is 37.4 Å². The molecule has 2 aromatic rings. The van der Waals surface area contributed by atoms with E-state index < -0.39 is 0 Å². The number of aromatic nitrogens is 1. The maximum Gasteiger partial charge on any atom is 0.111 e. The number of rotatable bonds is 3. The molecule has 0 bridgehead atoms. The minimum atomic E-state index is 0.772. The van der Waals surface area contributed by atoms with E-state index in [2.05, 4.69) is 27.0 Å². The lowest BCUT2D eigenvalue weighted by molar-refractivity contribution is 1.08. The van der Waals surface area contributed by atoms with E-state index in [0.717, 1.165) is 25.8 Å². The molecule has 0 aliphatic heterocycles. The summed E-state index contributed by atoms with van der Waals surface area (Å²) in [6.45, 7) is 2.03. The number of halogens is 2. The second kappa shape index (κ2) is 5.89. The summed E-state index contributed by atoms with van der Waals surface area (Å²) >= 11 is 11.1. The Hall–Kier alpha value is -0.510. The molecule has 0 fully saturated rings. The zero-order chi connectivity index (χ0) is 12.3. The number of pyridine rings is 1. The number of aryl methyl sites for hydroxylation is 1. The average Bonchev–Trinajstić information content (AvgIpc) is 2.30. The molecule has 4 heteroatoms. The van der Waals surface area contributed by atoms with Gasteiger partial charge in [-0.25, -0.2) is 4.98 Å². The van der Waals surface area contributed by atoms with Crippen LogP contribution in [0.25, 0.3) is 0 Å². The van der Waals surface area contributed by atoms with Crippen LogP contribution < -0.4 is 0 Å². The molecule has 0 unspecified atom stereocenters. The van der Waals surface area contributed by atoms with Crippen LogP contribution in [0.4, 0.5) is 0 Å². The molecular weight excluding hydrogens is 318 g/mol. The first kappa shape index (κ1) is 12.9. The highest BCUT2D eigenvalue weighted by atomic mass is 79.9. The van der Waals surface area contributed by atoms with Crippen LogP contribution in [0.2, 0.25) is 5.02 Å². The van der Waals surface area contributed by atoms with Crippen molar-refractivity contribution in [3.05, 3.63) is 57.2 Å². The van der Waals surface area contributed by atoms with Gasteiger partial charge in [-0.05, 0) is 52.2 Å². The average molecular weight is 329 g/mol. The fourth-order valence-corrected chi connectivity index (χ4v) is 3.11. The molecule has 0 amide bonds. The molecule has 0 aliphatic rings. The summed E-state index contributed by atoms with van der Waals surface area (Å²) in [6.07, 6.45) is 1.88. The Morgan fingerprint density at radius 3 is 2.65 bits per heavy atom. The fourth-order valence-electron chi connectivity index (χ4n) is 1.36. The molecule has 1 aromatic carbocycles. The van der Waals surface area contributed by atoms with Crippen LogP contribution in [0.5, 0.6) is 0 Å². The zero-order valence-electron chi connectivity index (χ0n) is 9.28. The Morgan fingerprint density at radius 2 is 2.00 bits per heavy atom. The Kier molecular flexibility index (Phi) is 4.48. The van der Waals surface area contributed by atoms with E-state index in [0.29, 0.717) is 0 Å². The lowest BCUT2D eigenvalue weighted by Crippen LogP contribution is -1.86. The first-order valence-electron chi connectivity index (χ1n) is 5.14. The van der Waals surface area contributed by atoms with E-state index >= 15 is 0 Å². The van der Waals surface area contributed by atoms with Crippen LogP contribution in [0.3, 0.4) is 0 Å². The van der Waals surface area contributed by atoms with Gasteiger partial charge in [0.25, 0.3) is 0 Å². The SMILES string of the molecule is Cc1cnc(SCc2ccc(Cl)cc2)c(Br)c1. The van der Waals surface area contributed by atoms with Crippen molar-refractivity contribution in [1.82, 2.24) is 4.98 Å². The standard InChI is InChI=1S/C13H11BrClNS/c1-9-6-12(14)13(16-7-9)17-8-10-2-4-11(15)5-3-10/h2-7H,8H2,1H3. The summed E-state index contributed by atoms with van der Waals surface area (Å²) in [5.41, 5.74) is 2.40. The molecule has 1 nitrogen and oxygen atoms in total. The molecule has 2 rings (SSSR count). The second-order valence-electron chi connectivity index (χ2n) is 3.71. The first-order chi connectivity index (χ1) is 8.15. The molecule has 0 saturated heterocycles. The monoisotopic (exact) mass is 327 g/mol. The minimum absolute atomic E-state index is 0.772. The van der Waals surface area contributed by atoms with Gasteiger partial charge < -0.3 is 0 Å². The van der Waals surface area contributed by atoms with Crippen molar-refractivity contribution in [3.63, 3.8) is 0 Å². The Labute approximate surface area is 119 Å². The van der Waals surface area contributed by atoms with E-state index in [1.54, 1.807) is 11.8 Å². The van der Waals surface area contributed by atoms with Crippen molar-refractivity contribution >= 4 is 39.3 Å². The molecule has 0 atom stereocenters. The molecule has 88 valence electrons. The topological polar surface area (TPSA) is 12.9 Å². The van der Waals surface area contributed by atoms with Gasteiger partial charge in [-0.3, -0.25) is 0 Å². The van der Waals surface area contributed by atoms with E-state index in [1.165, 1.54) is 5.56 Å². The summed E-state index contributed by atoms with van der Waals surface area (Å²) in [6, 6.07) is 9.98. The summed E-state index contributed by atoms with van der Waals surface area (Å²) in [5, 5.41) is 1.79. The van der Waals surface area contributed by atoms with Crippen LogP contribution in [0, 0.1) is 6.92 Å². The van der Waals surface area contributed by atoms with Crippen molar-refractivity contribution in [2.75, 3.05) is 0 Å². The molecule has 0 saturated carbocycles. The highest BCUT2D eigenvalue weighted by Crippen LogP contribution is 2.28. The third-order valence-corrected chi connectivity index (χ3v) is 4.43. The Balaban J connectivity index is 2.04. The fraction of sp³-hybridized carbons (Fsp3) is 0.154. The minimum Gasteiger partial charge on any atom is -0.248 e. The summed E-state index contributed by atoms with van der Waals surface area (Å²) in [5.74, 6) is 0.895. The van der Waals surface area contributed by atoms with Gasteiger partial charge in [-0.1, -0.05) is 23.7 Å². The summed E-state index contributed by atoms with van der Waals surface area (Å²) in [7, 11) is 0. The quantitative estimate of drug-likeness (QED) is 0.727. The molecule has 1 heterocycles. The lowest BCUT2D eigenvalue weighted by Gasteiger charge is -2.04. The van der Waals surface area contributed by atoms with Crippen LogP contribution >= 0.6 is 39.3 Å². The number of nitrogens with zero attached hydrogens (tertiary/aromatic N) is 1. The van der Waals surface area contributed by atoms with E-state index in [9.17, 15) is 0 Å². The van der Waals surface area contributed by atoms with Crippen LogP contribution in [0.15, 0.2) is 46.0 Å². The van der Waals surface area contributed by atoms with Gasteiger partial charge in [0.2, 0.25) is 0 Å². The highest BCUT2D eigenvalue weighted by Gasteiger charge is 2.03.